The Morgan fingerprint density at radius 3 is 2.23 bits per heavy atom. The van der Waals surface area contributed by atoms with Crippen LogP contribution in [0.25, 0.3) is 0 Å². The summed E-state index contributed by atoms with van der Waals surface area (Å²) in [5.74, 6) is -2.57. The van der Waals surface area contributed by atoms with E-state index in [0.717, 1.165) is 18.4 Å². The van der Waals surface area contributed by atoms with Crippen LogP contribution in [-0.4, -0.2) is 53.9 Å². The molecule has 0 bridgehead atoms. The minimum atomic E-state index is -5.08. The molecular formula is C25H33F3NO8PS. The highest BCUT2D eigenvalue weighted by Crippen LogP contribution is 2.45. The maximum atomic E-state index is 13.7. The number of alkyl halides is 3. The fraction of sp³-hybridized carbons (Fsp3) is 0.480. The van der Waals surface area contributed by atoms with Crippen molar-refractivity contribution in [2.75, 3.05) is 12.9 Å². The monoisotopic (exact) mass is 595 g/mol. The van der Waals surface area contributed by atoms with Gasteiger partial charge in [-0.3, -0.25) is 9.88 Å². The number of rotatable bonds is 8. The standard InChI is InChI=1S/C23H32NO6PS.C2HF3O2/c1-4-6-12-23(5-2)16-32(28,29)21-13-18(15-31(25,26)27)20(30-3)14-19(21)22(24-23)17-10-8-7-9-11-17;3-2(4,5)1(6)7/h7-11,13-14,22,24H,4-6,12,15-16H2,1-3H3,(H2,25,26,27);(H,6,7)/t22-,23+;/m0./s1. The number of nitrogens with one attached hydrogen (secondary N) is 1. The summed E-state index contributed by atoms with van der Waals surface area (Å²) in [4.78, 5) is 28.0. The number of hydrogen-bond donors (Lipinski definition) is 4. The Morgan fingerprint density at radius 2 is 1.77 bits per heavy atom. The van der Waals surface area contributed by atoms with Crippen molar-refractivity contribution in [1.82, 2.24) is 5.32 Å². The van der Waals surface area contributed by atoms with E-state index in [1.54, 1.807) is 6.07 Å². The number of carboxylic acids is 1. The van der Waals surface area contributed by atoms with Gasteiger partial charge in [-0.2, -0.15) is 13.2 Å². The number of hydrogen-bond acceptors (Lipinski definition) is 6. The smallest absolute Gasteiger partial charge is 0.490 e. The summed E-state index contributed by atoms with van der Waals surface area (Å²) in [6.45, 7) is 4.08. The molecule has 2 aromatic carbocycles. The zero-order valence-corrected chi connectivity index (χ0v) is 23.4. The number of halogens is 3. The van der Waals surface area contributed by atoms with Gasteiger partial charge in [-0.1, -0.05) is 57.0 Å². The topological polar surface area (TPSA) is 150 Å². The van der Waals surface area contributed by atoms with Crippen LogP contribution in [0.4, 0.5) is 13.2 Å². The third-order valence-corrected chi connectivity index (χ3v) is 9.12. The van der Waals surface area contributed by atoms with E-state index in [4.69, 9.17) is 14.6 Å². The quantitative estimate of drug-likeness (QED) is 0.315. The molecule has 0 saturated heterocycles. The molecule has 0 fully saturated rings. The molecule has 1 heterocycles. The zero-order valence-electron chi connectivity index (χ0n) is 21.7. The van der Waals surface area contributed by atoms with Gasteiger partial charge in [0.05, 0.1) is 30.0 Å². The van der Waals surface area contributed by atoms with Crippen LogP contribution >= 0.6 is 7.60 Å². The Labute approximate surface area is 225 Å². The molecule has 0 amide bonds. The van der Waals surface area contributed by atoms with E-state index in [9.17, 15) is 35.9 Å². The first-order valence-electron chi connectivity index (χ1n) is 12.1. The Morgan fingerprint density at radius 1 is 1.18 bits per heavy atom. The summed E-state index contributed by atoms with van der Waals surface area (Å²) in [6.07, 6.45) is -2.48. The normalized spacial score (nSPS) is 20.7. The maximum absolute atomic E-state index is 13.7. The van der Waals surface area contributed by atoms with Gasteiger partial charge in [-0.25, -0.2) is 13.2 Å². The number of sulfone groups is 1. The average Bonchev–Trinajstić information content (AvgIpc) is 2.94. The molecule has 9 nitrogen and oxygen atoms in total. The van der Waals surface area contributed by atoms with E-state index in [0.29, 0.717) is 18.4 Å². The van der Waals surface area contributed by atoms with Crippen molar-refractivity contribution < 1.29 is 50.6 Å². The summed E-state index contributed by atoms with van der Waals surface area (Å²) in [5, 5.41) is 10.8. The van der Waals surface area contributed by atoms with Crippen molar-refractivity contribution in [1.29, 1.82) is 0 Å². The molecule has 4 N–H and O–H groups in total. The van der Waals surface area contributed by atoms with Crippen LogP contribution < -0.4 is 10.1 Å². The molecular weight excluding hydrogens is 562 g/mol. The molecule has 1 aliphatic rings. The maximum Gasteiger partial charge on any atom is 0.490 e. The molecule has 0 aliphatic carbocycles. The van der Waals surface area contributed by atoms with E-state index in [1.165, 1.54) is 13.2 Å². The van der Waals surface area contributed by atoms with Crippen molar-refractivity contribution in [2.24, 2.45) is 0 Å². The minimum Gasteiger partial charge on any atom is -0.496 e. The van der Waals surface area contributed by atoms with E-state index in [-0.39, 0.29) is 22.0 Å². The van der Waals surface area contributed by atoms with Gasteiger partial charge in [-0.15, -0.1) is 0 Å². The lowest BCUT2D eigenvalue weighted by Crippen LogP contribution is -2.50. The second kappa shape index (κ2) is 12.8. The van der Waals surface area contributed by atoms with Gasteiger partial charge in [0.25, 0.3) is 0 Å². The van der Waals surface area contributed by atoms with Crippen LogP contribution in [0, 0.1) is 0 Å². The van der Waals surface area contributed by atoms with Crippen molar-refractivity contribution >= 4 is 23.4 Å². The predicted octanol–water partition coefficient (Wildman–Crippen LogP) is 4.81. The first-order valence-corrected chi connectivity index (χ1v) is 15.5. The highest BCUT2D eigenvalue weighted by Gasteiger charge is 2.42. The van der Waals surface area contributed by atoms with Crippen LogP contribution in [0.5, 0.6) is 5.75 Å². The van der Waals surface area contributed by atoms with Gasteiger partial charge < -0.3 is 19.6 Å². The number of carbonyl (C=O) groups is 1. The molecule has 3 rings (SSSR count). The van der Waals surface area contributed by atoms with Crippen LogP contribution in [0.1, 0.15) is 62.3 Å². The van der Waals surface area contributed by atoms with Gasteiger partial charge in [0, 0.05) is 11.1 Å². The van der Waals surface area contributed by atoms with E-state index in [1.807, 2.05) is 37.3 Å². The van der Waals surface area contributed by atoms with Gasteiger partial charge in [0.1, 0.15) is 5.75 Å². The summed E-state index contributed by atoms with van der Waals surface area (Å²) >= 11 is 0. The zero-order chi connectivity index (χ0) is 29.6. The molecule has 39 heavy (non-hydrogen) atoms. The first-order chi connectivity index (χ1) is 18.0. The van der Waals surface area contributed by atoms with E-state index in [2.05, 4.69) is 12.2 Å². The average molecular weight is 596 g/mol. The highest BCUT2D eigenvalue weighted by atomic mass is 32.2. The van der Waals surface area contributed by atoms with Crippen LogP contribution in [0.2, 0.25) is 0 Å². The minimum absolute atomic E-state index is 0.0749. The summed E-state index contributed by atoms with van der Waals surface area (Å²) in [7, 11) is -6.75. The summed E-state index contributed by atoms with van der Waals surface area (Å²) < 4.78 is 76.2. The fourth-order valence-electron chi connectivity index (χ4n) is 4.46. The number of unbranched alkanes of at least 4 members (excludes halogenated alkanes) is 1. The van der Waals surface area contributed by atoms with Crippen LogP contribution in [-0.2, 0) is 25.4 Å². The number of carboxylic acid groups (broad SMARTS) is 1. The number of aliphatic carboxylic acids is 1. The molecule has 218 valence electrons. The first kappa shape index (κ1) is 32.8. The molecule has 1 aliphatic heterocycles. The fourth-order valence-corrected chi connectivity index (χ4v) is 7.33. The van der Waals surface area contributed by atoms with Gasteiger partial charge in [-0.05, 0) is 36.1 Å². The lowest BCUT2D eigenvalue weighted by atomic mass is 9.88. The van der Waals surface area contributed by atoms with E-state index < -0.39 is 47.3 Å². The molecule has 0 spiro atoms. The van der Waals surface area contributed by atoms with Crippen molar-refractivity contribution in [3.8, 4) is 5.75 Å². The Bertz CT molecular complexity index is 1300. The molecule has 0 radical (unpaired) electrons. The largest absolute Gasteiger partial charge is 0.496 e. The summed E-state index contributed by atoms with van der Waals surface area (Å²) in [5.41, 5.74) is 1.03. The third kappa shape index (κ3) is 8.77. The number of benzene rings is 2. The van der Waals surface area contributed by atoms with Gasteiger partial charge in [0.2, 0.25) is 0 Å². The Kier molecular flexibility index (Phi) is 10.8. The molecule has 0 saturated carbocycles. The highest BCUT2D eigenvalue weighted by molar-refractivity contribution is 7.91. The predicted molar refractivity (Wildman–Crippen MR) is 138 cm³/mol. The van der Waals surface area contributed by atoms with E-state index >= 15 is 0 Å². The molecule has 0 aromatic heterocycles. The lowest BCUT2D eigenvalue weighted by molar-refractivity contribution is -0.192. The molecule has 2 atom stereocenters. The van der Waals surface area contributed by atoms with Crippen LogP contribution in [0.15, 0.2) is 47.4 Å². The Hall–Kier alpha value is -2.44. The summed E-state index contributed by atoms with van der Waals surface area (Å²) in [6, 6.07) is 12.2. The SMILES string of the molecule is CCCC[C@]1(CC)CS(=O)(=O)c2cc(CP(=O)(O)O)c(OC)cc2[C@H](c2ccccc2)N1.O=C(O)C(F)(F)F. The molecule has 0 unspecified atom stereocenters. The second-order valence-electron chi connectivity index (χ2n) is 9.31. The van der Waals surface area contributed by atoms with Crippen molar-refractivity contribution in [3.05, 3.63) is 59.2 Å². The second-order valence-corrected chi connectivity index (χ2v) is 12.9. The van der Waals surface area contributed by atoms with Gasteiger partial charge >= 0.3 is 19.7 Å². The van der Waals surface area contributed by atoms with Crippen molar-refractivity contribution in [3.63, 3.8) is 0 Å². The van der Waals surface area contributed by atoms with Crippen molar-refractivity contribution in [2.45, 2.75) is 68.3 Å². The van der Waals surface area contributed by atoms with Crippen LogP contribution in [0.3, 0.4) is 0 Å². The number of methoxy groups -OCH3 is 1. The molecule has 14 heteroatoms. The van der Waals surface area contributed by atoms with Gasteiger partial charge in [0.15, 0.2) is 9.84 Å². The third-order valence-electron chi connectivity index (χ3n) is 6.41. The number of fused-ring (bicyclic) bond motifs is 1. The lowest BCUT2D eigenvalue weighted by Gasteiger charge is -2.36. The number of ether oxygens (including phenoxy) is 1. The Balaban J connectivity index is 0.000000673. The molecule has 2 aromatic rings.